The van der Waals surface area contributed by atoms with Gasteiger partial charge in [0.2, 0.25) is 0 Å². The molecule has 0 saturated heterocycles. The van der Waals surface area contributed by atoms with Gasteiger partial charge in [0.1, 0.15) is 6.61 Å². The fraction of sp³-hybridized carbons (Fsp3) is 0.357. The molecule has 1 amide bonds. The lowest BCUT2D eigenvalue weighted by atomic mass is 10.1. The van der Waals surface area contributed by atoms with E-state index in [-0.39, 0.29) is 18.6 Å². The molecule has 0 aromatic heterocycles. The summed E-state index contributed by atoms with van der Waals surface area (Å²) in [5, 5.41) is 11.6. The standard InChI is InChI=1S/C14H17NO2/c1-3-11(2)15-14(17)13-9-5-4-7-12(13)8-6-10-16/h4-5,7,9,11,16H,3,10H2,1-2H3,(H,15,17). The van der Waals surface area contributed by atoms with Gasteiger partial charge in [0.15, 0.2) is 0 Å². The number of hydrogen-bond donors (Lipinski definition) is 2. The minimum absolute atomic E-state index is 0.123. The number of nitrogens with one attached hydrogen (secondary N) is 1. The number of amides is 1. The van der Waals surface area contributed by atoms with Gasteiger partial charge >= 0.3 is 0 Å². The molecular formula is C14H17NO2. The SMILES string of the molecule is CCC(C)NC(=O)c1ccccc1C#CCO. The maximum absolute atomic E-state index is 12.0. The van der Waals surface area contributed by atoms with Crippen molar-refractivity contribution in [1.29, 1.82) is 0 Å². The predicted molar refractivity (Wildman–Crippen MR) is 67.6 cm³/mol. The molecule has 90 valence electrons. The summed E-state index contributed by atoms with van der Waals surface area (Å²) in [6.07, 6.45) is 0.885. The first kappa shape index (κ1) is 13.3. The summed E-state index contributed by atoms with van der Waals surface area (Å²) in [4.78, 5) is 12.0. The van der Waals surface area contributed by atoms with E-state index in [0.717, 1.165) is 6.42 Å². The van der Waals surface area contributed by atoms with E-state index in [4.69, 9.17) is 5.11 Å². The first-order valence-electron chi connectivity index (χ1n) is 5.68. The van der Waals surface area contributed by atoms with Gasteiger partial charge in [-0.15, -0.1) is 0 Å². The monoisotopic (exact) mass is 231 g/mol. The number of benzene rings is 1. The average Bonchev–Trinajstić information content (AvgIpc) is 2.36. The molecule has 0 spiro atoms. The van der Waals surface area contributed by atoms with Crippen LogP contribution < -0.4 is 5.32 Å². The van der Waals surface area contributed by atoms with Crippen LogP contribution >= 0.6 is 0 Å². The average molecular weight is 231 g/mol. The Morgan fingerprint density at radius 3 is 2.82 bits per heavy atom. The quantitative estimate of drug-likeness (QED) is 0.776. The number of aliphatic hydroxyl groups excluding tert-OH is 1. The molecule has 1 unspecified atom stereocenters. The highest BCUT2D eigenvalue weighted by molar-refractivity contribution is 5.96. The van der Waals surface area contributed by atoms with Crippen molar-refractivity contribution in [2.75, 3.05) is 6.61 Å². The van der Waals surface area contributed by atoms with Gasteiger partial charge in [-0.05, 0) is 25.5 Å². The first-order chi connectivity index (χ1) is 8.19. The molecule has 1 aromatic rings. The summed E-state index contributed by atoms with van der Waals surface area (Å²) in [5.41, 5.74) is 1.19. The third-order valence-corrected chi connectivity index (χ3v) is 2.46. The van der Waals surface area contributed by atoms with Gasteiger partial charge in [0.25, 0.3) is 5.91 Å². The molecule has 2 N–H and O–H groups in total. The zero-order valence-electron chi connectivity index (χ0n) is 10.2. The van der Waals surface area contributed by atoms with E-state index in [9.17, 15) is 4.79 Å². The molecular weight excluding hydrogens is 214 g/mol. The second kappa shape index (κ2) is 6.72. The Hall–Kier alpha value is -1.79. The van der Waals surface area contributed by atoms with E-state index in [1.165, 1.54) is 0 Å². The molecule has 0 fully saturated rings. The maximum Gasteiger partial charge on any atom is 0.252 e. The summed E-state index contributed by atoms with van der Waals surface area (Å²) in [6.45, 7) is 3.77. The van der Waals surface area contributed by atoms with Gasteiger partial charge in [0, 0.05) is 11.6 Å². The molecule has 0 aliphatic heterocycles. The molecule has 0 aliphatic rings. The number of carbonyl (C=O) groups excluding carboxylic acids is 1. The van der Waals surface area contributed by atoms with E-state index in [0.29, 0.717) is 11.1 Å². The van der Waals surface area contributed by atoms with Gasteiger partial charge in [0.05, 0.1) is 5.56 Å². The predicted octanol–water partition coefficient (Wildman–Crippen LogP) is 1.56. The van der Waals surface area contributed by atoms with Crippen LogP contribution in [-0.4, -0.2) is 23.7 Å². The van der Waals surface area contributed by atoms with Crippen molar-refractivity contribution in [3.05, 3.63) is 35.4 Å². The molecule has 0 aliphatic carbocycles. The number of hydrogen-bond acceptors (Lipinski definition) is 2. The summed E-state index contributed by atoms with van der Waals surface area (Å²) in [7, 11) is 0. The van der Waals surface area contributed by atoms with Crippen LogP contribution in [0.15, 0.2) is 24.3 Å². The van der Waals surface area contributed by atoms with E-state index in [1.54, 1.807) is 18.2 Å². The highest BCUT2D eigenvalue weighted by atomic mass is 16.2. The van der Waals surface area contributed by atoms with Crippen molar-refractivity contribution in [2.45, 2.75) is 26.3 Å². The molecule has 0 bridgehead atoms. The lowest BCUT2D eigenvalue weighted by Crippen LogP contribution is -2.32. The summed E-state index contributed by atoms with van der Waals surface area (Å²) in [6, 6.07) is 7.27. The van der Waals surface area contributed by atoms with Crippen molar-refractivity contribution in [3.63, 3.8) is 0 Å². The van der Waals surface area contributed by atoms with Gasteiger partial charge in [-0.1, -0.05) is 30.9 Å². The highest BCUT2D eigenvalue weighted by Gasteiger charge is 2.11. The van der Waals surface area contributed by atoms with Gasteiger partial charge in [-0.25, -0.2) is 0 Å². The number of rotatable bonds is 3. The fourth-order valence-corrected chi connectivity index (χ4v) is 1.33. The van der Waals surface area contributed by atoms with Crippen molar-refractivity contribution in [1.82, 2.24) is 5.32 Å². The molecule has 1 aromatic carbocycles. The zero-order valence-corrected chi connectivity index (χ0v) is 10.2. The topological polar surface area (TPSA) is 49.3 Å². The van der Waals surface area contributed by atoms with Crippen LogP contribution in [0.2, 0.25) is 0 Å². The van der Waals surface area contributed by atoms with E-state index >= 15 is 0 Å². The van der Waals surface area contributed by atoms with Crippen molar-refractivity contribution >= 4 is 5.91 Å². The molecule has 3 heteroatoms. The second-order valence-electron chi connectivity index (χ2n) is 3.79. The summed E-state index contributed by atoms with van der Waals surface area (Å²) in [5.74, 6) is 5.20. The molecule has 1 atom stereocenters. The summed E-state index contributed by atoms with van der Waals surface area (Å²) < 4.78 is 0. The van der Waals surface area contributed by atoms with E-state index in [1.807, 2.05) is 19.9 Å². The van der Waals surface area contributed by atoms with Crippen LogP contribution in [0.25, 0.3) is 0 Å². The summed E-state index contributed by atoms with van der Waals surface area (Å²) >= 11 is 0. The maximum atomic E-state index is 12.0. The Labute approximate surface area is 102 Å². The van der Waals surface area contributed by atoms with E-state index in [2.05, 4.69) is 17.2 Å². The fourth-order valence-electron chi connectivity index (χ4n) is 1.33. The Balaban J connectivity index is 2.93. The number of aliphatic hydroxyl groups is 1. The zero-order chi connectivity index (χ0) is 12.7. The molecule has 0 radical (unpaired) electrons. The normalized spacial score (nSPS) is 11.2. The Morgan fingerprint density at radius 2 is 2.18 bits per heavy atom. The van der Waals surface area contributed by atoms with E-state index < -0.39 is 0 Å². The highest BCUT2D eigenvalue weighted by Crippen LogP contribution is 2.07. The lowest BCUT2D eigenvalue weighted by molar-refractivity contribution is 0.0939. The smallest absolute Gasteiger partial charge is 0.252 e. The minimum Gasteiger partial charge on any atom is -0.384 e. The van der Waals surface area contributed by atoms with Gasteiger partial charge in [-0.2, -0.15) is 0 Å². The Bertz CT molecular complexity index is 443. The molecule has 1 rings (SSSR count). The molecule has 3 nitrogen and oxygen atoms in total. The molecule has 0 heterocycles. The third-order valence-electron chi connectivity index (χ3n) is 2.46. The van der Waals surface area contributed by atoms with Crippen LogP contribution in [-0.2, 0) is 0 Å². The first-order valence-corrected chi connectivity index (χ1v) is 5.68. The van der Waals surface area contributed by atoms with Crippen molar-refractivity contribution in [2.24, 2.45) is 0 Å². The molecule has 0 saturated carbocycles. The molecule has 17 heavy (non-hydrogen) atoms. The van der Waals surface area contributed by atoms with Gasteiger partial charge < -0.3 is 10.4 Å². The van der Waals surface area contributed by atoms with Crippen molar-refractivity contribution in [3.8, 4) is 11.8 Å². The van der Waals surface area contributed by atoms with Crippen LogP contribution in [0.1, 0.15) is 36.2 Å². The Morgan fingerprint density at radius 1 is 1.47 bits per heavy atom. The van der Waals surface area contributed by atoms with Crippen LogP contribution in [0, 0.1) is 11.8 Å². The third kappa shape index (κ3) is 3.93. The largest absolute Gasteiger partial charge is 0.384 e. The lowest BCUT2D eigenvalue weighted by Gasteiger charge is -2.12. The van der Waals surface area contributed by atoms with Crippen LogP contribution in [0.5, 0.6) is 0 Å². The Kier molecular flexibility index (Phi) is 5.25. The van der Waals surface area contributed by atoms with Crippen LogP contribution in [0.4, 0.5) is 0 Å². The number of carbonyl (C=O) groups is 1. The minimum atomic E-state index is -0.207. The van der Waals surface area contributed by atoms with Gasteiger partial charge in [-0.3, -0.25) is 4.79 Å². The second-order valence-corrected chi connectivity index (χ2v) is 3.79. The van der Waals surface area contributed by atoms with Crippen molar-refractivity contribution < 1.29 is 9.90 Å². The van der Waals surface area contributed by atoms with Crippen LogP contribution in [0.3, 0.4) is 0 Å².